The van der Waals surface area contributed by atoms with E-state index in [0.29, 0.717) is 16.5 Å². The monoisotopic (exact) mass is 370 g/mol. The lowest BCUT2D eigenvalue weighted by Gasteiger charge is -2.04. The fourth-order valence-corrected chi connectivity index (χ4v) is 2.72. The molecule has 0 radical (unpaired) electrons. The molecule has 1 atom stereocenters. The van der Waals surface area contributed by atoms with E-state index in [1.807, 2.05) is 0 Å². The minimum atomic E-state index is -0.393. The van der Waals surface area contributed by atoms with Crippen LogP contribution in [-0.2, 0) is 0 Å². The van der Waals surface area contributed by atoms with Gasteiger partial charge in [0.1, 0.15) is 0 Å². The van der Waals surface area contributed by atoms with Gasteiger partial charge in [0.15, 0.2) is 0 Å². The van der Waals surface area contributed by atoms with Crippen LogP contribution in [0.4, 0.5) is 6.01 Å². The van der Waals surface area contributed by atoms with Crippen LogP contribution in [0.15, 0.2) is 27.1 Å². The van der Waals surface area contributed by atoms with Gasteiger partial charge in [-0.05, 0) is 37.6 Å². The fourth-order valence-electron chi connectivity index (χ4n) is 2.16. The maximum Gasteiger partial charge on any atom is 0.322 e. The van der Waals surface area contributed by atoms with E-state index in [2.05, 4.69) is 36.8 Å². The molecule has 1 unspecified atom stereocenters. The summed E-state index contributed by atoms with van der Waals surface area (Å²) in [5.41, 5.74) is 0.338. The summed E-state index contributed by atoms with van der Waals surface area (Å²) in [5, 5.41) is 13.9. The first kappa shape index (κ1) is 14.5. The molecule has 0 aliphatic carbocycles. The highest BCUT2D eigenvalue weighted by Gasteiger charge is 2.23. The van der Waals surface area contributed by atoms with Gasteiger partial charge in [-0.25, -0.2) is 0 Å². The molecule has 0 saturated carbocycles. The van der Waals surface area contributed by atoms with Crippen LogP contribution >= 0.6 is 27.5 Å². The second-order valence-electron chi connectivity index (χ2n) is 4.67. The van der Waals surface area contributed by atoms with Crippen molar-refractivity contribution in [3.8, 4) is 0 Å². The molecule has 8 heteroatoms. The Balaban J connectivity index is 1.74. The molecule has 2 heterocycles. The molecule has 6 nitrogen and oxygen atoms in total. The SMILES string of the molecule is O=C(Nc1nnc(C2CCCN2)o1)c1cc(Br)ccc1Cl. The lowest BCUT2D eigenvalue weighted by Crippen LogP contribution is -2.13. The molecule has 2 aromatic rings. The van der Waals surface area contributed by atoms with Crippen LogP contribution in [0, 0.1) is 0 Å². The van der Waals surface area contributed by atoms with E-state index in [0.717, 1.165) is 23.9 Å². The summed E-state index contributed by atoms with van der Waals surface area (Å²) in [6.07, 6.45) is 2.02. The molecule has 1 aromatic carbocycles. The smallest absolute Gasteiger partial charge is 0.322 e. The van der Waals surface area contributed by atoms with Gasteiger partial charge in [-0.15, -0.1) is 5.10 Å². The number of anilines is 1. The molecule has 21 heavy (non-hydrogen) atoms. The molecule has 1 aliphatic heterocycles. The van der Waals surface area contributed by atoms with Crippen LogP contribution < -0.4 is 10.6 Å². The number of nitrogens with zero attached hydrogens (tertiary/aromatic N) is 2. The van der Waals surface area contributed by atoms with E-state index in [1.54, 1.807) is 18.2 Å². The Kier molecular flexibility index (Phi) is 4.23. The average molecular weight is 372 g/mol. The van der Waals surface area contributed by atoms with Crippen molar-refractivity contribution in [2.45, 2.75) is 18.9 Å². The van der Waals surface area contributed by atoms with Gasteiger partial charge in [0.05, 0.1) is 16.6 Å². The predicted molar refractivity (Wildman–Crippen MR) is 81.4 cm³/mol. The number of hydrogen-bond donors (Lipinski definition) is 2. The predicted octanol–water partition coefficient (Wildman–Crippen LogP) is 3.16. The van der Waals surface area contributed by atoms with E-state index in [9.17, 15) is 4.79 Å². The highest BCUT2D eigenvalue weighted by Crippen LogP contribution is 2.24. The summed E-state index contributed by atoms with van der Waals surface area (Å²) in [7, 11) is 0. The number of amides is 1. The number of hydrogen-bond acceptors (Lipinski definition) is 5. The van der Waals surface area contributed by atoms with Crippen LogP contribution in [0.25, 0.3) is 0 Å². The van der Waals surface area contributed by atoms with Gasteiger partial charge >= 0.3 is 6.01 Å². The minimum absolute atomic E-state index is 0.0672. The third-order valence-corrected chi connectivity index (χ3v) is 4.02. The summed E-state index contributed by atoms with van der Waals surface area (Å²) in [5.74, 6) is 0.0963. The first-order chi connectivity index (χ1) is 10.1. The van der Waals surface area contributed by atoms with E-state index in [1.165, 1.54) is 0 Å². The van der Waals surface area contributed by atoms with Crippen LogP contribution in [0.3, 0.4) is 0 Å². The Bertz CT molecular complexity index is 670. The molecule has 0 bridgehead atoms. The van der Waals surface area contributed by atoms with E-state index >= 15 is 0 Å². The molecule has 1 fully saturated rings. The largest absolute Gasteiger partial charge is 0.406 e. The number of halogens is 2. The van der Waals surface area contributed by atoms with Gasteiger partial charge in [0, 0.05) is 4.47 Å². The van der Waals surface area contributed by atoms with E-state index in [-0.39, 0.29) is 12.1 Å². The molecule has 1 saturated heterocycles. The summed E-state index contributed by atoms with van der Waals surface area (Å²) in [6, 6.07) is 5.17. The van der Waals surface area contributed by atoms with Crippen molar-refractivity contribution in [3.05, 3.63) is 39.1 Å². The Morgan fingerprint density at radius 1 is 1.48 bits per heavy atom. The topological polar surface area (TPSA) is 80.0 Å². The van der Waals surface area contributed by atoms with Crippen molar-refractivity contribution in [2.75, 3.05) is 11.9 Å². The van der Waals surface area contributed by atoms with Crippen molar-refractivity contribution in [2.24, 2.45) is 0 Å². The zero-order chi connectivity index (χ0) is 14.8. The second kappa shape index (κ2) is 6.13. The Morgan fingerprint density at radius 3 is 3.10 bits per heavy atom. The number of carbonyl (C=O) groups excluding carboxylic acids is 1. The van der Waals surface area contributed by atoms with Crippen molar-refractivity contribution in [1.29, 1.82) is 0 Å². The average Bonchev–Trinajstić information content (AvgIpc) is 3.11. The molecule has 110 valence electrons. The number of benzene rings is 1. The summed E-state index contributed by atoms with van der Waals surface area (Å²) in [4.78, 5) is 12.2. The molecule has 3 rings (SSSR count). The number of nitrogens with one attached hydrogen (secondary N) is 2. The lowest BCUT2D eigenvalue weighted by atomic mass is 10.2. The minimum Gasteiger partial charge on any atom is -0.406 e. The molecule has 1 amide bonds. The van der Waals surface area contributed by atoms with Crippen molar-refractivity contribution in [1.82, 2.24) is 15.5 Å². The number of rotatable bonds is 3. The van der Waals surface area contributed by atoms with Gasteiger partial charge in [-0.1, -0.05) is 32.6 Å². The van der Waals surface area contributed by atoms with Crippen molar-refractivity contribution < 1.29 is 9.21 Å². The Hall–Kier alpha value is -1.44. The molecular weight excluding hydrogens is 360 g/mol. The zero-order valence-corrected chi connectivity index (χ0v) is 13.2. The highest BCUT2D eigenvalue weighted by molar-refractivity contribution is 9.10. The van der Waals surface area contributed by atoms with E-state index in [4.69, 9.17) is 16.0 Å². The maximum absolute atomic E-state index is 12.2. The van der Waals surface area contributed by atoms with Gasteiger partial charge in [-0.3, -0.25) is 10.1 Å². The second-order valence-corrected chi connectivity index (χ2v) is 6.00. The third kappa shape index (κ3) is 3.25. The van der Waals surface area contributed by atoms with Crippen LogP contribution in [0.1, 0.15) is 35.1 Å². The van der Waals surface area contributed by atoms with Gasteiger partial charge in [-0.2, -0.15) is 0 Å². The van der Waals surface area contributed by atoms with Gasteiger partial charge in [0.25, 0.3) is 5.91 Å². The first-order valence-corrected chi connectivity index (χ1v) is 7.64. The van der Waals surface area contributed by atoms with Crippen molar-refractivity contribution in [3.63, 3.8) is 0 Å². The Morgan fingerprint density at radius 2 is 2.33 bits per heavy atom. The normalized spacial score (nSPS) is 17.9. The number of carbonyl (C=O) groups is 1. The third-order valence-electron chi connectivity index (χ3n) is 3.19. The van der Waals surface area contributed by atoms with Crippen LogP contribution in [0.2, 0.25) is 5.02 Å². The first-order valence-electron chi connectivity index (χ1n) is 6.46. The quantitative estimate of drug-likeness (QED) is 0.866. The summed E-state index contributed by atoms with van der Waals surface area (Å²) < 4.78 is 6.22. The summed E-state index contributed by atoms with van der Waals surface area (Å²) in [6.45, 7) is 0.933. The zero-order valence-electron chi connectivity index (χ0n) is 10.9. The molecule has 2 N–H and O–H groups in total. The van der Waals surface area contributed by atoms with Crippen molar-refractivity contribution >= 4 is 39.5 Å². The standard InChI is InChI=1S/C13H12BrClN4O2/c14-7-3-4-9(15)8(6-7)11(20)17-13-19-18-12(21-13)10-2-1-5-16-10/h3-4,6,10,16H,1-2,5H2,(H,17,19,20). The fraction of sp³-hybridized carbons (Fsp3) is 0.308. The molecular formula is C13H12BrClN4O2. The molecule has 1 aromatic heterocycles. The van der Waals surface area contributed by atoms with Gasteiger partial charge < -0.3 is 9.73 Å². The maximum atomic E-state index is 12.2. The molecule has 0 spiro atoms. The lowest BCUT2D eigenvalue weighted by molar-refractivity contribution is 0.102. The summed E-state index contributed by atoms with van der Waals surface area (Å²) >= 11 is 9.31. The number of aromatic nitrogens is 2. The Labute approximate surface area is 134 Å². The highest BCUT2D eigenvalue weighted by atomic mass is 79.9. The van der Waals surface area contributed by atoms with E-state index < -0.39 is 5.91 Å². The van der Waals surface area contributed by atoms with Gasteiger partial charge in [0.2, 0.25) is 5.89 Å². The van der Waals surface area contributed by atoms with Crippen LogP contribution in [0.5, 0.6) is 0 Å². The molecule has 1 aliphatic rings. The van der Waals surface area contributed by atoms with Crippen LogP contribution in [-0.4, -0.2) is 22.6 Å².